The van der Waals surface area contributed by atoms with E-state index in [0.29, 0.717) is 0 Å². The predicted octanol–water partition coefficient (Wildman–Crippen LogP) is 2.34. The Morgan fingerprint density at radius 2 is 1.68 bits per heavy atom. The molecule has 1 heterocycles. The normalized spacial score (nSPS) is 17.6. The van der Waals surface area contributed by atoms with Gasteiger partial charge < -0.3 is 10.6 Å². The summed E-state index contributed by atoms with van der Waals surface area (Å²) in [5.41, 5.74) is 3.38. The molecule has 2 aromatic carbocycles. The summed E-state index contributed by atoms with van der Waals surface area (Å²) in [6.45, 7) is 0.753. The van der Waals surface area contributed by atoms with Crippen molar-refractivity contribution in [1.82, 2.24) is 5.32 Å². The summed E-state index contributed by atoms with van der Waals surface area (Å²) in [5, 5.41) is 6.22. The summed E-state index contributed by atoms with van der Waals surface area (Å²) in [4.78, 5) is 12.2. The molecule has 0 bridgehead atoms. The van der Waals surface area contributed by atoms with Crippen LogP contribution in [0.5, 0.6) is 0 Å². The Hall–Kier alpha value is -2.13. The Bertz CT molecular complexity index is 580. The predicted molar refractivity (Wildman–Crippen MR) is 75.8 cm³/mol. The summed E-state index contributed by atoms with van der Waals surface area (Å²) in [6.07, 6.45) is 0.745. The molecule has 1 aliphatic heterocycles. The number of hydrogen-bond donors (Lipinski definition) is 2. The summed E-state index contributed by atoms with van der Waals surface area (Å²) in [7, 11) is 0. The van der Waals surface area contributed by atoms with Gasteiger partial charge >= 0.3 is 0 Å². The van der Waals surface area contributed by atoms with E-state index < -0.39 is 0 Å². The summed E-state index contributed by atoms with van der Waals surface area (Å²) in [6, 6.07) is 17.7. The molecule has 1 amide bonds. The van der Waals surface area contributed by atoms with Crippen LogP contribution >= 0.6 is 0 Å². The van der Waals surface area contributed by atoms with Gasteiger partial charge in [0.1, 0.15) is 0 Å². The number of carbonyl (C=O) groups is 1. The molecule has 3 heteroatoms. The van der Waals surface area contributed by atoms with Gasteiger partial charge in [-0.1, -0.05) is 42.5 Å². The van der Waals surface area contributed by atoms with Crippen LogP contribution in [-0.2, 0) is 17.8 Å². The first-order valence-corrected chi connectivity index (χ1v) is 6.49. The van der Waals surface area contributed by atoms with Gasteiger partial charge in [0.2, 0.25) is 5.91 Å². The van der Waals surface area contributed by atoms with Crippen molar-refractivity contribution in [2.75, 3.05) is 5.32 Å². The maximum atomic E-state index is 12.2. The standard InChI is InChI=1S/C16H16N2O/c19-16(18-14-8-2-1-3-9-14)15-10-12-6-4-5-7-13(12)11-17-15/h1-9,15,17H,10-11H2,(H,18,19). The highest BCUT2D eigenvalue weighted by Crippen LogP contribution is 2.17. The molecule has 0 saturated carbocycles. The number of para-hydroxylation sites is 1. The van der Waals surface area contributed by atoms with Crippen molar-refractivity contribution in [1.29, 1.82) is 0 Å². The van der Waals surface area contributed by atoms with Gasteiger partial charge in [-0.05, 0) is 29.7 Å². The number of carbonyl (C=O) groups excluding carboxylic acids is 1. The molecule has 1 aliphatic rings. The van der Waals surface area contributed by atoms with E-state index >= 15 is 0 Å². The second-order valence-corrected chi connectivity index (χ2v) is 4.76. The number of rotatable bonds is 2. The van der Waals surface area contributed by atoms with Crippen LogP contribution in [0.15, 0.2) is 54.6 Å². The number of hydrogen-bond acceptors (Lipinski definition) is 2. The molecule has 0 aliphatic carbocycles. The molecular weight excluding hydrogens is 236 g/mol. The van der Waals surface area contributed by atoms with Crippen LogP contribution in [0.1, 0.15) is 11.1 Å². The molecule has 0 aromatic heterocycles. The van der Waals surface area contributed by atoms with Gasteiger partial charge in [0, 0.05) is 12.2 Å². The van der Waals surface area contributed by atoms with Gasteiger partial charge in [-0.15, -0.1) is 0 Å². The maximum absolute atomic E-state index is 12.2. The third kappa shape index (κ3) is 2.66. The molecule has 1 unspecified atom stereocenters. The van der Waals surface area contributed by atoms with Gasteiger partial charge in [0.25, 0.3) is 0 Å². The highest BCUT2D eigenvalue weighted by molar-refractivity contribution is 5.95. The lowest BCUT2D eigenvalue weighted by Gasteiger charge is -2.25. The smallest absolute Gasteiger partial charge is 0.241 e. The minimum atomic E-state index is -0.157. The molecule has 0 saturated heterocycles. The van der Waals surface area contributed by atoms with Crippen LogP contribution in [0.4, 0.5) is 5.69 Å². The minimum Gasteiger partial charge on any atom is -0.325 e. The average molecular weight is 252 g/mol. The van der Waals surface area contributed by atoms with Crippen molar-refractivity contribution >= 4 is 11.6 Å². The van der Waals surface area contributed by atoms with E-state index in [1.165, 1.54) is 11.1 Å². The first-order valence-electron chi connectivity index (χ1n) is 6.49. The van der Waals surface area contributed by atoms with Crippen LogP contribution in [0.3, 0.4) is 0 Å². The van der Waals surface area contributed by atoms with E-state index in [0.717, 1.165) is 18.7 Å². The van der Waals surface area contributed by atoms with Crippen molar-refractivity contribution in [3.8, 4) is 0 Å². The van der Waals surface area contributed by atoms with Gasteiger partial charge in [-0.3, -0.25) is 4.79 Å². The zero-order valence-corrected chi connectivity index (χ0v) is 10.6. The zero-order valence-electron chi connectivity index (χ0n) is 10.6. The Morgan fingerprint density at radius 3 is 2.47 bits per heavy atom. The first-order chi connectivity index (χ1) is 9.33. The van der Waals surface area contributed by atoms with Gasteiger partial charge in [-0.2, -0.15) is 0 Å². The molecule has 2 N–H and O–H groups in total. The summed E-state index contributed by atoms with van der Waals surface area (Å²) < 4.78 is 0. The molecule has 96 valence electrons. The summed E-state index contributed by atoms with van der Waals surface area (Å²) in [5.74, 6) is 0.0284. The van der Waals surface area contributed by atoms with Crippen LogP contribution < -0.4 is 10.6 Å². The van der Waals surface area contributed by atoms with Gasteiger partial charge in [0.15, 0.2) is 0 Å². The van der Waals surface area contributed by atoms with Crippen LogP contribution in [-0.4, -0.2) is 11.9 Å². The Balaban J connectivity index is 1.70. The van der Waals surface area contributed by atoms with Crippen molar-refractivity contribution in [3.63, 3.8) is 0 Å². The van der Waals surface area contributed by atoms with E-state index in [9.17, 15) is 4.79 Å². The highest BCUT2D eigenvalue weighted by atomic mass is 16.2. The van der Waals surface area contributed by atoms with Gasteiger partial charge in [-0.25, -0.2) is 0 Å². The number of amides is 1. The number of nitrogens with one attached hydrogen (secondary N) is 2. The largest absolute Gasteiger partial charge is 0.325 e. The van der Waals surface area contributed by atoms with E-state index in [1.54, 1.807) is 0 Å². The average Bonchev–Trinajstić information content (AvgIpc) is 2.48. The molecule has 1 atom stereocenters. The fraction of sp³-hybridized carbons (Fsp3) is 0.188. The fourth-order valence-electron chi connectivity index (χ4n) is 2.39. The first kappa shape index (κ1) is 11.9. The molecule has 2 aromatic rings. The number of anilines is 1. The van der Waals surface area contributed by atoms with Crippen molar-refractivity contribution in [3.05, 3.63) is 65.7 Å². The van der Waals surface area contributed by atoms with E-state index in [4.69, 9.17) is 0 Å². The SMILES string of the molecule is O=C(Nc1ccccc1)C1Cc2ccccc2CN1. The van der Waals surface area contributed by atoms with Crippen molar-refractivity contribution < 1.29 is 4.79 Å². The second kappa shape index (κ2) is 5.24. The second-order valence-electron chi connectivity index (χ2n) is 4.76. The highest BCUT2D eigenvalue weighted by Gasteiger charge is 2.23. The van der Waals surface area contributed by atoms with E-state index in [1.807, 2.05) is 42.5 Å². The molecule has 0 fully saturated rings. The van der Waals surface area contributed by atoms with E-state index in [-0.39, 0.29) is 11.9 Å². The van der Waals surface area contributed by atoms with Crippen molar-refractivity contribution in [2.45, 2.75) is 19.0 Å². The topological polar surface area (TPSA) is 41.1 Å². The zero-order chi connectivity index (χ0) is 13.1. The lowest BCUT2D eigenvalue weighted by molar-refractivity contribution is -0.118. The van der Waals surface area contributed by atoms with Crippen LogP contribution in [0.25, 0.3) is 0 Å². The molecule has 3 nitrogen and oxygen atoms in total. The molecule has 0 spiro atoms. The summed E-state index contributed by atoms with van der Waals surface area (Å²) >= 11 is 0. The van der Waals surface area contributed by atoms with Crippen LogP contribution in [0, 0.1) is 0 Å². The third-order valence-corrected chi connectivity index (χ3v) is 3.44. The lowest BCUT2D eigenvalue weighted by atomic mass is 9.95. The van der Waals surface area contributed by atoms with Crippen molar-refractivity contribution in [2.24, 2.45) is 0 Å². The van der Waals surface area contributed by atoms with Crippen LogP contribution in [0.2, 0.25) is 0 Å². The lowest BCUT2D eigenvalue weighted by Crippen LogP contribution is -2.44. The monoisotopic (exact) mass is 252 g/mol. The maximum Gasteiger partial charge on any atom is 0.241 e. The minimum absolute atomic E-state index is 0.0284. The Morgan fingerprint density at radius 1 is 1.00 bits per heavy atom. The fourth-order valence-corrected chi connectivity index (χ4v) is 2.39. The number of benzene rings is 2. The molecular formula is C16H16N2O. The molecule has 3 rings (SSSR count). The van der Waals surface area contributed by atoms with Gasteiger partial charge in [0.05, 0.1) is 6.04 Å². The molecule has 19 heavy (non-hydrogen) atoms. The quantitative estimate of drug-likeness (QED) is 0.861. The Labute approximate surface area is 112 Å². The number of fused-ring (bicyclic) bond motifs is 1. The molecule has 0 radical (unpaired) electrons. The Kier molecular flexibility index (Phi) is 3.29. The third-order valence-electron chi connectivity index (χ3n) is 3.44. The van der Waals surface area contributed by atoms with E-state index in [2.05, 4.69) is 22.8 Å².